The van der Waals surface area contributed by atoms with E-state index in [9.17, 15) is 19.8 Å². The number of benzene rings is 4. The van der Waals surface area contributed by atoms with Gasteiger partial charge in [-0.3, -0.25) is 9.59 Å². The van der Waals surface area contributed by atoms with Gasteiger partial charge in [-0.2, -0.15) is 10.2 Å². The molecule has 2 amide bonds. The van der Waals surface area contributed by atoms with E-state index in [1.165, 1.54) is 23.9 Å². The van der Waals surface area contributed by atoms with Crippen LogP contribution < -0.4 is 9.47 Å². The minimum absolute atomic E-state index is 0. The minimum Gasteiger partial charge on any atom is -0.507 e. The number of amides is 2. The van der Waals surface area contributed by atoms with Crippen LogP contribution in [0.5, 0.6) is 23.0 Å². The Morgan fingerprint density at radius 3 is 1.26 bits per heavy atom. The summed E-state index contributed by atoms with van der Waals surface area (Å²) in [6.45, 7) is 2.99. The maximum absolute atomic E-state index is 11.9. The standard InChI is InChI=1S/2C18H18N2O3.Mn/c2*1-12(21)20-17(13-7-9-14(23-2)10-8-13)11-16(19-20)15-5-3-4-6-18(15)22;/h2*3-10,17,22H,11H2,1-2H3;. The second kappa shape index (κ2) is 15.4. The number of nitrogens with zero attached hydrogens (tertiary/aromatic N) is 4. The molecule has 47 heavy (non-hydrogen) atoms. The second-order valence-corrected chi connectivity index (χ2v) is 10.8. The van der Waals surface area contributed by atoms with Gasteiger partial charge < -0.3 is 19.7 Å². The second-order valence-electron chi connectivity index (χ2n) is 10.8. The van der Waals surface area contributed by atoms with E-state index in [0.717, 1.165) is 22.6 Å². The van der Waals surface area contributed by atoms with Crippen molar-refractivity contribution < 1.29 is 46.3 Å². The third-order valence-corrected chi connectivity index (χ3v) is 7.90. The summed E-state index contributed by atoms with van der Waals surface area (Å²) < 4.78 is 10.3. The predicted molar refractivity (Wildman–Crippen MR) is 175 cm³/mol. The van der Waals surface area contributed by atoms with Crippen LogP contribution >= 0.6 is 0 Å². The van der Waals surface area contributed by atoms with Gasteiger partial charge in [0, 0.05) is 54.9 Å². The molecule has 0 spiro atoms. The van der Waals surface area contributed by atoms with Crippen molar-refractivity contribution in [3.05, 3.63) is 119 Å². The maximum Gasteiger partial charge on any atom is 0.240 e. The van der Waals surface area contributed by atoms with Gasteiger partial charge in [-0.25, -0.2) is 10.0 Å². The van der Waals surface area contributed by atoms with Crippen molar-refractivity contribution in [2.24, 2.45) is 10.2 Å². The van der Waals surface area contributed by atoms with Gasteiger partial charge in [0.1, 0.15) is 23.0 Å². The van der Waals surface area contributed by atoms with Crippen molar-refractivity contribution in [2.45, 2.75) is 38.8 Å². The molecule has 2 N–H and O–H groups in total. The first-order valence-corrected chi connectivity index (χ1v) is 14.8. The number of methoxy groups -OCH3 is 2. The molecule has 2 aliphatic rings. The summed E-state index contributed by atoms with van der Waals surface area (Å²) in [6.07, 6.45) is 1.12. The molecule has 0 aromatic heterocycles. The summed E-state index contributed by atoms with van der Waals surface area (Å²) >= 11 is 0. The summed E-state index contributed by atoms with van der Waals surface area (Å²) in [5, 5.41) is 31.8. The zero-order chi connectivity index (χ0) is 32.8. The number of hydrazone groups is 2. The van der Waals surface area contributed by atoms with E-state index >= 15 is 0 Å². The van der Waals surface area contributed by atoms with Crippen LogP contribution in [0.3, 0.4) is 0 Å². The molecule has 2 atom stereocenters. The van der Waals surface area contributed by atoms with Gasteiger partial charge in [-0.15, -0.1) is 0 Å². The number of hydrogen-bond acceptors (Lipinski definition) is 8. The van der Waals surface area contributed by atoms with Gasteiger partial charge in [0.2, 0.25) is 11.8 Å². The van der Waals surface area contributed by atoms with Crippen molar-refractivity contribution in [1.82, 2.24) is 10.0 Å². The van der Waals surface area contributed by atoms with E-state index in [1.54, 1.807) is 38.5 Å². The number of phenolic OH excluding ortho intramolecular Hbond substituents is 2. The number of carbonyl (C=O) groups is 2. The first-order chi connectivity index (χ1) is 22.2. The van der Waals surface area contributed by atoms with E-state index in [0.29, 0.717) is 35.4 Å². The molecule has 243 valence electrons. The predicted octanol–water partition coefficient (Wildman–Crippen LogP) is 6.19. The summed E-state index contributed by atoms with van der Waals surface area (Å²) in [7, 11) is 3.23. The van der Waals surface area contributed by atoms with Gasteiger partial charge in [0.05, 0.1) is 37.7 Å². The van der Waals surface area contributed by atoms with Crippen molar-refractivity contribution in [3.8, 4) is 23.0 Å². The minimum atomic E-state index is -0.173. The molecule has 0 bridgehead atoms. The number of hydrogen-bond donors (Lipinski definition) is 2. The quantitative estimate of drug-likeness (QED) is 0.235. The van der Waals surface area contributed by atoms with E-state index in [-0.39, 0.29) is 52.5 Å². The summed E-state index contributed by atoms with van der Waals surface area (Å²) in [5.74, 6) is 1.62. The fourth-order valence-corrected chi connectivity index (χ4v) is 5.53. The molecule has 2 unspecified atom stereocenters. The van der Waals surface area contributed by atoms with Crippen LogP contribution in [0.2, 0.25) is 0 Å². The number of ether oxygens (including phenoxy) is 2. The Morgan fingerprint density at radius 1 is 0.617 bits per heavy atom. The Labute approximate surface area is 284 Å². The van der Waals surface area contributed by atoms with Crippen LogP contribution in [-0.2, 0) is 26.7 Å². The van der Waals surface area contributed by atoms with Gasteiger partial charge in [0.15, 0.2) is 0 Å². The molecule has 6 rings (SSSR count). The molecule has 11 heteroatoms. The Bertz CT molecular complexity index is 1640. The van der Waals surface area contributed by atoms with E-state index in [4.69, 9.17) is 9.47 Å². The molecule has 4 aromatic carbocycles. The van der Waals surface area contributed by atoms with Crippen molar-refractivity contribution in [3.63, 3.8) is 0 Å². The molecule has 0 fully saturated rings. The molecule has 0 saturated carbocycles. The first-order valence-electron chi connectivity index (χ1n) is 14.8. The third-order valence-electron chi connectivity index (χ3n) is 7.90. The summed E-state index contributed by atoms with van der Waals surface area (Å²) in [4.78, 5) is 23.9. The zero-order valence-corrected chi connectivity index (χ0v) is 27.7. The van der Waals surface area contributed by atoms with E-state index in [1.807, 2.05) is 72.8 Å². The van der Waals surface area contributed by atoms with Gasteiger partial charge in [0.25, 0.3) is 0 Å². The van der Waals surface area contributed by atoms with Crippen LogP contribution in [0.4, 0.5) is 0 Å². The Hall–Kier alpha value is -5.12. The van der Waals surface area contributed by atoms with Gasteiger partial charge in [-0.1, -0.05) is 48.5 Å². The van der Waals surface area contributed by atoms with Gasteiger partial charge >= 0.3 is 0 Å². The Kier molecular flexibility index (Phi) is 11.4. The average molecular weight is 676 g/mol. The first kappa shape index (κ1) is 34.7. The van der Waals surface area contributed by atoms with Crippen LogP contribution in [0, 0.1) is 0 Å². The maximum atomic E-state index is 11.9. The van der Waals surface area contributed by atoms with E-state index < -0.39 is 0 Å². The molecule has 1 radical (unpaired) electrons. The molecule has 0 saturated heterocycles. The number of carbonyl (C=O) groups excluding carboxylic acids is 2. The number of rotatable bonds is 6. The SMILES string of the molecule is COc1ccc(C2CC(c3ccccc3O)=NN2C(C)=O)cc1.COc1ccc(C2CC(c3ccccc3O)=NN2C(C)=O)cc1.[Mn]. The fourth-order valence-electron chi connectivity index (χ4n) is 5.53. The normalized spacial score (nSPS) is 16.7. The summed E-state index contributed by atoms with van der Waals surface area (Å²) in [5.41, 5.74) is 4.70. The van der Waals surface area contributed by atoms with Gasteiger partial charge in [-0.05, 0) is 59.7 Å². The Balaban J connectivity index is 0.000000208. The number of para-hydroxylation sites is 2. The molecule has 10 nitrogen and oxygen atoms in total. The smallest absolute Gasteiger partial charge is 0.240 e. The van der Waals surface area contributed by atoms with Crippen LogP contribution in [0.1, 0.15) is 61.0 Å². The monoisotopic (exact) mass is 675 g/mol. The molecular weight excluding hydrogens is 639 g/mol. The summed E-state index contributed by atoms with van der Waals surface area (Å²) in [6, 6.07) is 28.9. The fraction of sp³-hybridized carbons (Fsp3) is 0.222. The van der Waals surface area contributed by atoms with Crippen molar-refractivity contribution >= 4 is 23.2 Å². The Morgan fingerprint density at radius 2 is 0.957 bits per heavy atom. The molecule has 0 aliphatic carbocycles. The molecule has 2 aliphatic heterocycles. The van der Waals surface area contributed by atoms with Crippen molar-refractivity contribution in [2.75, 3.05) is 14.2 Å². The van der Waals surface area contributed by atoms with Crippen LogP contribution in [-0.4, -0.2) is 57.7 Å². The van der Waals surface area contributed by atoms with E-state index in [2.05, 4.69) is 10.2 Å². The number of aromatic hydroxyl groups is 2. The molecular formula is C36H36MnN4O6. The van der Waals surface area contributed by atoms with Crippen molar-refractivity contribution in [1.29, 1.82) is 0 Å². The largest absolute Gasteiger partial charge is 0.507 e. The van der Waals surface area contributed by atoms with Crippen LogP contribution in [0.25, 0.3) is 0 Å². The topological polar surface area (TPSA) is 124 Å². The van der Waals surface area contributed by atoms with Crippen LogP contribution in [0.15, 0.2) is 107 Å². The zero-order valence-electron chi connectivity index (χ0n) is 26.5. The average Bonchev–Trinajstić information content (AvgIpc) is 3.72. The molecule has 2 heterocycles. The third kappa shape index (κ3) is 7.82. The molecule has 4 aromatic rings. The number of phenols is 2.